The van der Waals surface area contributed by atoms with Crippen molar-refractivity contribution in [3.63, 3.8) is 0 Å². The zero-order valence-corrected chi connectivity index (χ0v) is 15.7. The molecule has 0 radical (unpaired) electrons. The van der Waals surface area contributed by atoms with Gasteiger partial charge >= 0.3 is 12.0 Å². The number of hydrogen-bond acceptors (Lipinski definition) is 8. The number of amides is 1. The molecule has 3 aromatic rings. The van der Waals surface area contributed by atoms with E-state index in [-0.39, 0.29) is 17.1 Å². The van der Waals surface area contributed by atoms with Gasteiger partial charge in [-0.05, 0) is 36.4 Å². The maximum absolute atomic E-state index is 13.7. The lowest BCUT2D eigenvalue weighted by Gasteiger charge is -2.12. The molecule has 0 spiro atoms. The van der Waals surface area contributed by atoms with Crippen molar-refractivity contribution in [2.75, 3.05) is 10.7 Å². The summed E-state index contributed by atoms with van der Waals surface area (Å²) in [5, 5.41) is 14.1. The van der Waals surface area contributed by atoms with Gasteiger partial charge in [-0.1, -0.05) is 12.1 Å². The molecule has 10 nitrogen and oxygen atoms in total. The summed E-state index contributed by atoms with van der Waals surface area (Å²) < 4.78 is 54.2. The monoisotopic (exact) mass is 452 g/mol. The van der Waals surface area contributed by atoms with Gasteiger partial charge in [0, 0.05) is 5.69 Å². The van der Waals surface area contributed by atoms with Gasteiger partial charge in [-0.3, -0.25) is 25.8 Å². The molecule has 1 aromatic heterocycles. The molecular formula is C18H12F4N6O4. The SMILES string of the molecule is O=C(NNc1ncnc(Nc2ccc(OC(F)(F)F)cc2)c1[N+](=O)[O-])c1ccccc1F. The highest BCUT2D eigenvalue weighted by Gasteiger charge is 2.31. The third-order valence-electron chi connectivity index (χ3n) is 3.77. The van der Waals surface area contributed by atoms with Crippen molar-refractivity contribution >= 4 is 28.9 Å². The average Bonchev–Trinajstić information content (AvgIpc) is 2.72. The zero-order valence-electron chi connectivity index (χ0n) is 15.7. The number of nitrogens with zero attached hydrogens (tertiary/aromatic N) is 3. The maximum Gasteiger partial charge on any atom is 0.573 e. The molecule has 0 aliphatic heterocycles. The fraction of sp³-hybridized carbons (Fsp3) is 0.0556. The van der Waals surface area contributed by atoms with Crippen LogP contribution in [0.2, 0.25) is 0 Å². The molecule has 0 aliphatic carbocycles. The van der Waals surface area contributed by atoms with Crippen LogP contribution in [0.3, 0.4) is 0 Å². The summed E-state index contributed by atoms with van der Waals surface area (Å²) in [4.78, 5) is 30.2. The minimum atomic E-state index is -4.87. The first-order valence-corrected chi connectivity index (χ1v) is 8.57. The number of carbonyl (C=O) groups is 1. The Kier molecular flexibility index (Phi) is 6.32. The van der Waals surface area contributed by atoms with Crippen LogP contribution < -0.4 is 20.9 Å². The molecule has 3 rings (SSSR count). The number of benzene rings is 2. The number of carbonyl (C=O) groups excluding carboxylic acids is 1. The quantitative estimate of drug-likeness (QED) is 0.279. The Balaban J connectivity index is 1.78. The van der Waals surface area contributed by atoms with Crippen LogP contribution in [-0.4, -0.2) is 27.2 Å². The summed E-state index contributed by atoms with van der Waals surface area (Å²) >= 11 is 0. The molecule has 32 heavy (non-hydrogen) atoms. The Bertz CT molecular complexity index is 1140. The van der Waals surface area contributed by atoms with Crippen LogP contribution in [0.5, 0.6) is 5.75 Å². The minimum Gasteiger partial charge on any atom is -0.406 e. The van der Waals surface area contributed by atoms with Crippen LogP contribution in [0.15, 0.2) is 54.9 Å². The lowest BCUT2D eigenvalue weighted by atomic mass is 10.2. The Hall–Kier alpha value is -4.49. The number of rotatable bonds is 7. The molecule has 3 N–H and O–H groups in total. The van der Waals surface area contributed by atoms with E-state index in [4.69, 9.17) is 0 Å². The van der Waals surface area contributed by atoms with Crippen molar-refractivity contribution in [1.29, 1.82) is 0 Å². The van der Waals surface area contributed by atoms with Crippen LogP contribution in [-0.2, 0) is 0 Å². The highest BCUT2D eigenvalue weighted by molar-refractivity contribution is 5.95. The smallest absolute Gasteiger partial charge is 0.406 e. The fourth-order valence-corrected chi connectivity index (χ4v) is 2.44. The van der Waals surface area contributed by atoms with Crippen LogP contribution in [0.1, 0.15) is 10.4 Å². The van der Waals surface area contributed by atoms with Gasteiger partial charge in [0.25, 0.3) is 5.91 Å². The normalized spacial score (nSPS) is 10.9. The fourth-order valence-electron chi connectivity index (χ4n) is 2.44. The number of anilines is 3. The van der Waals surface area contributed by atoms with Crippen LogP contribution in [0.4, 0.5) is 40.6 Å². The van der Waals surface area contributed by atoms with Gasteiger partial charge in [0.1, 0.15) is 17.9 Å². The summed E-state index contributed by atoms with van der Waals surface area (Å²) in [6.07, 6.45) is -3.93. The third kappa shape index (κ3) is 5.56. The lowest BCUT2D eigenvalue weighted by molar-refractivity contribution is -0.383. The first kappa shape index (κ1) is 22.2. The van der Waals surface area contributed by atoms with Gasteiger partial charge in [0.15, 0.2) is 0 Å². The summed E-state index contributed by atoms with van der Waals surface area (Å²) in [5.41, 5.74) is 3.50. The second-order valence-corrected chi connectivity index (χ2v) is 5.93. The highest BCUT2D eigenvalue weighted by atomic mass is 19.4. The number of aromatic nitrogens is 2. The summed E-state index contributed by atoms with van der Waals surface area (Å²) in [5.74, 6) is -2.94. The number of nitrogens with one attached hydrogen (secondary N) is 3. The van der Waals surface area contributed by atoms with E-state index >= 15 is 0 Å². The Morgan fingerprint density at radius 1 is 1.03 bits per heavy atom. The number of halogens is 4. The molecule has 0 saturated heterocycles. The van der Waals surface area contributed by atoms with Crippen molar-refractivity contribution in [3.05, 3.63) is 76.4 Å². The molecule has 2 aromatic carbocycles. The molecule has 1 heterocycles. The topological polar surface area (TPSA) is 131 Å². The second-order valence-electron chi connectivity index (χ2n) is 5.93. The standard InChI is InChI=1S/C18H12F4N6O4/c19-13-4-2-1-3-12(13)17(29)27-26-16-14(28(30)31)15(23-9-24-16)25-10-5-7-11(8-6-10)32-18(20,21)22/h1-9H,(H,27,29)(H2,23,24,25,26). The maximum atomic E-state index is 13.7. The van der Waals surface area contributed by atoms with E-state index in [9.17, 15) is 32.5 Å². The van der Waals surface area contributed by atoms with E-state index in [1.54, 1.807) is 0 Å². The van der Waals surface area contributed by atoms with Crippen LogP contribution >= 0.6 is 0 Å². The van der Waals surface area contributed by atoms with Gasteiger partial charge < -0.3 is 10.1 Å². The van der Waals surface area contributed by atoms with Gasteiger partial charge in [-0.2, -0.15) is 0 Å². The minimum absolute atomic E-state index is 0.155. The predicted octanol–water partition coefficient (Wildman–Crippen LogP) is 3.92. The average molecular weight is 452 g/mol. The lowest BCUT2D eigenvalue weighted by Crippen LogP contribution is -2.31. The van der Waals surface area contributed by atoms with Crippen molar-refractivity contribution in [2.24, 2.45) is 0 Å². The van der Waals surface area contributed by atoms with Gasteiger partial charge in [0.2, 0.25) is 11.6 Å². The van der Waals surface area contributed by atoms with Crippen LogP contribution in [0, 0.1) is 15.9 Å². The summed E-state index contributed by atoms with van der Waals surface area (Å²) in [6, 6.07) is 9.44. The second kappa shape index (κ2) is 9.11. The number of hydrazine groups is 1. The highest BCUT2D eigenvalue weighted by Crippen LogP contribution is 2.31. The van der Waals surface area contributed by atoms with E-state index in [0.29, 0.717) is 0 Å². The molecule has 0 saturated carbocycles. The first-order chi connectivity index (χ1) is 15.1. The largest absolute Gasteiger partial charge is 0.573 e. The van der Waals surface area contributed by atoms with Crippen molar-refractivity contribution in [3.8, 4) is 5.75 Å². The van der Waals surface area contributed by atoms with Crippen molar-refractivity contribution in [1.82, 2.24) is 15.4 Å². The summed E-state index contributed by atoms with van der Waals surface area (Å²) in [7, 11) is 0. The Morgan fingerprint density at radius 3 is 2.31 bits per heavy atom. The Morgan fingerprint density at radius 2 is 1.69 bits per heavy atom. The van der Waals surface area contributed by atoms with E-state index < -0.39 is 40.3 Å². The first-order valence-electron chi connectivity index (χ1n) is 8.57. The molecule has 166 valence electrons. The molecular weight excluding hydrogens is 440 g/mol. The third-order valence-corrected chi connectivity index (χ3v) is 3.77. The zero-order chi connectivity index (χ0) is 23.3. The van der Waals surface area contributed by atoms with Crippen molar-refractivity contribution < 1.29 is 32.0 Å². The van der Waals surface area contributed by atoms with Gasteiger partial charge in [-0.25, -0.2) is 14.4 Å². The predicted molar refractivity (Wildman–Crippen MR) is 103 cm³/mol. The van der Waals surface area contributed by atoms with Gasteiger partial charge in [-0.15, -0.1) is 13.2 Å². The van der Waals surface area contributed by atoms with Gasteiger partial charge in [0.05, 0.1) is 10.5 Å². The molecule has 0 unspecified atom stereocenters. The summed E-state index contributed by atoms with van der Waals surface area (Å²) in [6.45, 7) is 0. The molecule has 0 fully saturated rings. The van der Waals surface area contributed by atoms with E-state index in [2.05, 4.69) is 30.9 Å². The van der Waals surface area contributed by atoms with E-state index in [1.165, 1.54) is 30.3 Å². The van der Waals surface area contributed by atoms with Crippen molar-refractivity contribution in [2.45, 2.75) is 6.36 Å². The molecule has 0 aliphatic rings. The molecule has 0 atom stereocenters. The molecule has 1 amide bonds. The van der Waals surface area contributed by atoms with Crippen LogP contribution in [0.25, 0.3) is 0 Å². The molecule has 0 bridgehead atoms. The molecule has 14 heteroatoms. The number of nitro groups is 1. The van der Waals surface area contributed by atoms with E-state index in [1.807, 2.05) is 0 Å². The number of alkyl halides is 3. The van der Waals surface area contributed by atoms with E-state index in [0.717, 1.165) is 24.5 Å². The Labute approximate surface area is 176 Å². The number of hydrogen-bond donors (Lipinski definition) is 3. The number of ether oxygens (including phenoxy) is 1.